The summed E-state index contributed by atoms with van der Waals surface area (Å²) in [5, 5.41) is 0. The van der Waals surface area contributed by atoms with Crippen molar-refractivity contribution in [3.63, 3.8) is 0 Å². The number of nitrogens with two attached hydrogens (primary N) is 1. The van der Waals surface area contributed by atoms with Gasteiger partial charge in [0.25, 0.3) is 0 Å². The molecule has 0 aliphatic rings. The summed E-state index contributed by atoms with van der Waals surface area (Å²) in [5.74, 6) is -2.19. The third-order valence-electron chi connectivity index (χ3n) is 1.81. The Hall–Kier alpha value is -1.23. The highest BCUT2D eigenvalue weighted by molar-refractivity contribution is 5.31. The third-order valence-corrected chi connectivity index (χ3v) is 1.81. The molecular weight excluding hydrogens is 207 g/mol. The zero-order chi connectivity index (χ0) is 11.3. The summed E-state index contributed by atoms with van der Waals surface area (Å²) < 4.78 is 42.8. The topological polar surface area (TPSA) is 35.2 Å². The first-order valence-corrected chi connectivity index (χ1v) is 4.55. The maximum absolute atomic E-state index is 13.2. The van der Waals surface area contributed by atoms with Gasteiger partial charge in [0, 0.05) is 0 Å². The predicted octanol–water partition coefficient (Wildman–Crippen LogP) is 1.81. The van der Waals surface area contributed by atoms with Crippen LogP contribution in [0.5, 0.6) is 5.75 Å². The molecular formula is C10H12F3NO. The highest BCUT2D eigenvalue weighted by atomic mass is 19.1. The fourth-order valence-electron chi connectivity index (χ4n) is 1.20. The molecule has 0 bridgehead atoms. The standard InChI is InChI=1S/C10H12F3NO/c11-2-4-15-10-8(12)5-7(1-3-14)6-9(10)13/h5-6H,1-4,14H2. The highest BCUT2D eigenvalue weighted by Crippen LogP contribution is 2.23. The number of hydrogen-bond donors (Lipinski definition) is 1. The van der Waals surface area contributed by atoms with Gasteiger partial charge in [-0.05, 0) is 30.7 Å². The minimum absolute atomic E-state index is 0.309. The van der Waals surface area contributed by atoms with Gasteiger partial charge in [-0.25, -0.2) is 13.2 Å². The molecule has 0 aliphatic heterocycles. The Labute approximate surface area is 85.8 Å². The zero-order valence-electron chi connectivity index (χ0n) is 8.10. The fraction of sp³-hybridized carbons (Fsp3) is 0.400. The number of benzene rings is 1. The fourth-order valence-corrected chi connectivity index (χ4v) is 1.20. The summed E-state index contributed by atoms with van der Waals surface area (Å²) >= 11 is 0. The first-order valence-electron chi connectivity index (χ1n) is 4.55. The van der Waals surface area contributed by atoms with E-state index in [0.29, 0.717) is 18.5 Å². The van der Waals surface area contributed by atoms with Crippen LogP contribution in [0, 0.1) is 11.6 Å². The van der Waals surface area contributed by atoms with E-state index in [2.05, 4.69) is 4.74 Å². The van der Waals surface area contributed by atoms with Crippen LogP contribution in [0.15, 0.2) is 12.1 Å². The van der Waals surface area contributed by atoms with E-state index in [9.17, 15) is 13.2 Å². The van der Waals surface area contributed by atoms with Crippen LogP contribution in [0.25, 0.3) is 0 Å². The lowest BCUT2D eigenvalue weighted by atomic mass is 10.1. The summed E-state index contributed by atoms with van der Waals surface area (Å²) in [6.07, 6.45) is 0.386. The third kappa shape index (κ3) is 3.13. The van der Waals surface area contributed by atoms with Crippen molar-refractivity contribution in [2.75, 3.05) is 19.8 Å². The molecule has 0 radical (unpaired) electrons. The molecule has 0 heterocycles. The Morgan fingerprint density at radius 2 is 1.80 bits per heavy atom. The van der Waals surface area contributed by atoms with Crippen molar-refractivity contribution >= 4 is 0 Å². The number of ether oxygens (including phenoxy) is 1. The Morgan fingerprint density at radius 1 is 1.20 bits per heavy atom. The van der Waals surface area contributed by atoms with Crippen LogP contribution in [0.4, 0.5) is 13.2 Å². The lowest BCUT2D eigenvalue weighted by Crippen LogP contribution is -2.06. The monoisotopic (exact) mass is 219 g/mol. The Balaban J connectivity index is 2.88. The van der Waals surface area contributed by atoms with E-state index < -0.39 is 24.1 Å². The molecule has 1 rings (SSSR count). The summed E-state index contributed by atoms with van der Waals surface area (Å²) in [6, 6.07) is 2.28. The van der Waals surface area contributed by atoms with E-state index in [-0.39, 0.29) is 6.61 Å². The van der Waals surface area contributed by atoms with Gasteiger partial charge in [-0.3, -0.25) is 0 Å². The molecule has 0 unspecified atom stereocenters. The smallest absolute Gasteiger partial charge is 0.190 e. The molecule has 0 fully saturated rings. The van der Waals surface area contributed by atoms with Gasteiger partial charge in [0.2, 0.25) is 0 Å². The molecule has 2 nitrogen and oxygen atoms in total. The molecule has 15 heavy (non-hydrogen) atoms. The predicted molar refractivity (Wildman–Crippen MR) is 50.6 cm³/mol. The lowest BCUT2D eigenvalue weighted by Gasteiger charge is -2.08. The van der Waals surface area contributed by atoms with Gasteiger partial charge in [0.15, 0.2) is 17.4 Å². The summed E-state index contributed by atoms with van der Waals surface area (Å²) in [5.41, 5.74) is 5.71. The number of rotatable bonds is 5. The van der Waals surface area contributed by atoms with Gasteiger partial charge in [0.05, 0.1) is 0 Å². The normalized spacial score (nSPS) is 10.4. The van der Waals surface area contributed by atoms with Crippen LogP contribution in [0.3, 0.4) is 0 Å². The molecule has 0 saturated heterocycles. The van der Waals surface area contributed by atoms with E-state index in [1.165, 1.54) is 0 Å². The molecule has 0 atom stereocenters. The van der Waals surface area contributed by atoms with Crippen molar-refractivity contribution in [2.45, 2.75) is 6.42 Å². The SMILES string of the molecule is NCCc1cc(F)c(OCCF)c(F)c1. The zero-order valence-corrected chi connectivity index (χ0v) is 8.10. The molecule has 0 aromatic heterocycles. The van der Waals surface area contributed by atoms with Crippen molar-refractivity contribution in [3.8, 4) is 5.75 Å². The number of alkyl halides is 1. The lowest BCUT2D eigenvalue weighted by molar-refractivity contribution is 0.251. The molecule has 0 aliphatic carbocycles. The van der Waals surface area contributed by atoms with Crippen LogP contribution >= 0.6 is 0 Å². The molecule has 2 N–H and O–H groups in total. The van der Waals surface area contributed by atoms with Crippen molar-refractivity contribution < 1.29 is 17.9 Å². The van der Waals surface area contributed by atoms with E-state index in [4.69, 9.17) is 5.73 Å². The maximum Gasteiger partial charge on any atom is 0.190 e. The quantitative estimate of drug-likeness (QED) is 0.819. The van der Waals surface area contributed by atoms with Gasteiger partial charge < -0.3 is 10.5 Å². The van der Waals surface area contributed by atoms with Crippen molar-refractivity contribution in [1.82, 2.24) is 0 Å². The van der Waals surface area contributed by atoms with Crippen LogP contribution < -0.4 is 10.5 Å². The van der Waals surface area contributed by atoms with Crippen molar-refractivity contribution in [2.24, 2.45) is 5.73 Å². The molecule has 5 heteroatoms. The van der Waals surface area contributed by atoms with Crippen molar-refractivity contribution in [3.05, 3.63) is 29.3 Å². The van der Waals surface area contributed by atoms with Crippen LogP contribution in [0.2, 0.25) is 0 Å². The number of hydrogen-bond acceptors (Lipinski definition) is 2. The van der Waals surface area contributed by atoms with Crippen molar-refractivity contribution in [1.29, 1.82) is 0 Å². The summed E-state index contributed by atoms with van der Waals surface area (Å²) in [6.45, 7) is -0.836. The van der Waals surface area contributed by atoms with E-state index >= 15 is 0 Å². The Kier molecular flexibility index (Phi) is 4.42. The Morgan fingerprint density at radius 3 is 2.27 bits per heavy atom. The van der Waals surface area contributed by atoms with Crippen LogP contribution in [0.1, 0.15) is 5.56 Å². The first kappa shape index (κ1) is 11.8. The maximum atomic E-state index is 13.2. The average molecular weight is 219 g/mol. The molecule has 0 spiro atoms. The molecule has 84 valence electrons. The van der Waals surface area contributed by atoms with E-state index in [1.807, 2.05) is 0 Å². The Bertz CT molecular complexity index is 307. The van der Waals surface area contributed by atoms with Gasteiger partial charge in [-0.1, -0.05) is 0 Å². The van der Waals surface area contributed by atoms with Crippen LogP contribution in [-0.2, 0) is 6.42 Å². The van der Waals surface area contributed by atoms with Gasteiger partial charge in [-0.15, -0.1) is 0 Å². The van der Waals surface area contributed by atoms with Gasteiger partial charge >= 0.3 is 0 Å². The van der Waals surface area contributed by atoms with Gasteiger partial charge in [0.1, 0.15) is 13.3 Å². The second-order valence-corrected chi connectivity index (χ2v) is 2.96. The second-order valence-electron chi connectivity index (χ2n) is 2.96. The van der Waals surface area contributed by atoms with Gasteiger partial charge in [-0.2, -0.15) is 0 Å². The molecule has 0 saturated carbocycles. The average Bonchev–Trinajstić information content (AvgIpc) is 2.17. The largest absolute Gasteiger partial charge is 0.485 e. The summed E-state index contributed by atoms with van der Waals surface area (Å²) in [4.78, 5) is 0. The molecule has 1 aromatic carbocycles. The summed E-state index contributed by atoms with van der Waals surface area (Å²) in [7, 11) is 0. The first-order chi connectivity index (χ1) is 7.19. The van der Waals surface area contributed by atoms with Crippen LogP contribution in [-0.4, -0.2) is 19.8 Å². The van der Waals surface area contributed by atoms with E-state index in [1.54, 1.807) is 0 Å². The molecule has 1 aromatic rings. The molecule has 0 amide bonds. The minimum atomic E-state index is -0.827. The number of halogens is 3. The highest BCUT2D eigenvalue weighted by Gasteiger charge is 2.12. The second kappa shape index (κ2) is 5.60. The van der Waals surface area contributed by atoms with E-state index in [0.717, 1.165) is 12.1 Å². The minimum Gasteiger partial charge on any atom is -0.485 e.